The number of ether oxygens (including phenoxy) is 2. The van der Waals surface area contributed by atoms with E-state index in [-0.39, 0.29) is 17.9 Å². The second-order valence-electron chi connectivity index (χ2n) is 5.53. The van der Waals surface area contributed by atoms with Crippen LogP contribution in [0.15, 0.2) is 23.1 Å². The quantitative estimate of drug-likeness (QED) is 0.663. The first-order valence-electron chi connectivity index (χ1n) is 7.72. The molecule has 0 saturated carbocycles. The molecular weight excluding hydrogens is 364 g/mol. The number of nitrogens with one attached hydrogen (secondary N) is 2. The number of hydrogen-bond acceptors (Lipinski definition) is 7. The Balaban J connectivity index is 2.54. The van der Waals surface area contributed by atoms with E-state index >= 15 is 0 Å². The normalized spacial score (nSPS) is 12.2. The van der Waals surface area contributed by atoms with Gasteiger partial charge in [0.1, 0.15) is 0 Å². The molecule has 0 radical (unpaired) electrons. The Bertz CT molecular complexity index is 790. The van der Waals surface area contributed by atoms with E-state index in [1.54, 1.807) is 26.0 Å². The number of carbonyl (C=O) groups is 3. The van der Waals surface area contributed by atoms with Gasteiger partial charge in [-0.1, -0.05) is 12.1 Å². The average Bonchev–Trinajstić information content (AvgIpc) is 2.56. The maximum absolute atomic E-state index is 12.3. The van der Waals surface area contributed by atoms with Crippen molar-refractivity contribution in [2.45, 2.75) is 38.2 Å². The summed E-state index contributed by atoms with van der Waals surface area (Å²) in [5, 5.41) is 1.86. The molecule has 0 saturated heterocycles. The lowest BCUT2D eigenvalue weighted by Crippen LogP contribution is -2.39. The molecule has 0 heterocycles. The van der Waals surface area contributed by atoms with Crippen molar-refractivity contribution < 1.29 is 32.3 Å². The molecule has 0 spiro atoms. The number of hydrogen-bond donors (Lipinski definition) is 2. The molecule has 2 amide bonds. The first kappa shape index (κ1) is 21.6. The van der Waals surface area contributed by atoms with E-state index in [0.717, 1.165) is 12.7 Å². The molecule has 0 aromatic heterocycles. The van der Waals surface area contributed by atoms with E-state index in [1.807, 2.05) is 5.32 Å². The fraction of sp³-hybridized carbons (Fsp3) is 0.438. The van der Waals surface area contributed by atoms with Gasteiger partial charge in [-0.05, 0) is 38.0 Å². The summed E-state index contributed by atoms with van der Waals surface area (Å²) < 4.78 is 36.0. The fourth-order valence-electron chi connectivity index (χ4n) is 1.92. The Morgan fingerprint density at radius 3 is 2.46 bits per heavy atom. The van der Waals surface area contributed by atoms with Gasteiger partial charge in [0.2, 0.25) is 10.0 Å². The van der Waals surface area contributed by atoms with Crippen LogP contribution in [-0.2, 0) is 29.1 Å². The van der Waals surface area contributed by atoms with Gasteiger partial charge in [-0.2, -0.15) is 0 Å². The average molecular weight is 386 g/mol. The number of rotatable bonds is 7. The van der Waals surface area contributed by atoms with E-state index in [1.165, 1.54) is 13.0 Å². The topological polar surface area (TPSA) is 128 Å². The zero-order chi connectivity index (χ0) is 19.9. The highest BCUT2D eigenvalue weighted by Gasteiger charge is 2.21. The first-order chi connectivity index (χ1) is 12.1. The summed E-state index contributed by atoms with van der Waals surface area (Å²) in [7, 11) is -2.69. The van der Waals surface area contributed by atoms with Crippen LogP contribution in [0, 0.1) is 13.8 Å². The predicted octanol–water partition coefficient (Wildman–Crippen LogP) is 0.786. The zero-order valence-corrected chi connectivity index (χ0v) is 15.8. The maximum Gasteiger partial charge on any atom is 0.413 e. The first-order valence-corrected chi connectivity index (χ1v) is 9.20. The number of imide groups is 1. The second kappa shape index (κ2) is 9.30. The number of alkyl carbamates (subject to hydrolysis) is 1. The molecule has 9 nitrogen and oxygen atoms in total. The van der Waals surface area contributed by atoms with Gasteiger partial charge in [0.25, 0.3) is 5.91 Å². The molecule has 1 aromatic rings. The molecular formula is C16H22N2O7S. The number of sulfonamides is 1. The van der Waals surface area contributed by atoms with Gasteiger partial charge in [-0.3, -0.25) is 14.9 Å². The summed E-state index contributed by atoms with van der Waals surface area (Å²) >= 11 is 0. The van der Waals surface area contributed by atoms with Crippen molar-refractivity contribution in [1.29, 1.82) is 0 Å². The second-order valence-corrected chi connectivity index (χ2v) is 7.27. The summed E-state index contributed by atoms with van der Waals surface area (Å²) in [4.78, 5) is 34.3. The molecule has 0 aliphatic heterocycles. The summed E-state index contributed by atoms with van der Waals surface area (Å²) in [6.45, 7) is 4.52. The van der Waals surface area contributed by atoms with Crippen LogP contribution in [0.3, 0.4) is 0 Å². The summed E-state index contributed by atoms with van der Waals surface area (Å²) in [6, 6.07) is 5.03. The standard InChI is InChI=1S/C16H22N2O7S/c1-10-5-6-11(2)13(9-10)26(22,23)17-8-7-14(19)25-12(3)15(20)18-16(21)24-4/h5-6,9,12,17H,7-8H2,1-4H3,(H,18,20,21)/t12-/m1/s1. The van der Waals surface area contributed by atoms with E-state index in [0.29, 0.717) is 5.56 Å². The SMILES string of the molecule is COC(=O)NC(=O)[C@@H](C)OC(=O)CCNS(=O)(=O)c1cc(C)ccc1C. The highest BCUT2D eigenvalue weighted by Crippen LogP contribution is 2.16. The number of aryl methyl sites for hydroxylation is 2. The van der Waals surface area contributed by atoms with Crippen LogP contribution in [0.2, 0.25) is 0 Å². The molecule has 10 heteroatoms. The van der Waals surface area contributed by atoms with Crippen LogP contribution in [-0.4, -0.2) is 46.1 Å². The van der Waals surface area contributed by atoms with Gasteiger partial charge in [-0.15, -0.1) is 0 Å². The van der Waals surface area contributed by atoms with Crippen LogP contribution in [0.5, 0.6) is 0 Å². The van der Waals surface area contributed by atoms with Crippen LogP contribution < -0.4 is 10.0 Å². The Hall–Kier alpha value is -2.46. The minimum absolute atomic E-state index is 0.136. The van der Waals surface area contributed by atoms with Crippen LogP contribution in [0.4, 0.5) is 4.79 Å². The molecule has 0 aliphatic carbocycles. The largest absolute Gasteiger partial charge is 0.453 e. The van der Waals surface area contributed by atoms with E-state index in [2.05, 4.69) is 9.46 Å². The molecule has 1 atom stereocenters. The summed E-state index contributed by atoms with van der Waals surface area (Å²) in [6.07, 6.45) is -2.48. The Labute approximate surface area is 152 Å². The van der Waals surface area contributed by atoms with Crippen LogP contribution in [0.25, 0.3) is 0 Å². The molecule has 0 bridgehead atoms. The molecule has 0 unspecified atom stereocenters. The Kier molecular flexibility index (Phi) is 7.72. The number of benzene rings is 1. The van der Waals surface area contributed by atoms with E-state index in [4.69, 9.17) is 4.74 Å². The van der Waals surface area contributed by atoms with Crippen molar-refractivity contribution in [2.75, 3.05) is 13.7 Å². The molecule has 1 rings (SSSR count). The Morgan fingerprint density at radius 2 is 1.85 bits per heavy atom. The molecule has 2 N–H and O–H groups in total. The van der Waals surface area contributed by atoms with Gasteiger partial charge in [0, 0.05) is 6.54 Å². The fourth-order valence-corrected chi connectivity index (χ4v) is 3.28. The van der Waals surface area contributed by atoms with Crippen molar-refractivity contribution in [3.05, 3.63) is 29.3 Å². The van der Waals surface area contributed by atoms with Crippen molar-refractivity contribution in [1.82, 2.24) is 10.0 Å². The lowest BCUT2D eigenvalue weighted by molar-refractivity contribution is -0.154. The molecule has 0 aliphatic rings. The van der Waals surface area contributed by atoms with Crippen molar-refractivity contribution in [3.8, 4) is 0 Å². The van der Waals surface area contributed by atoms with Crippen LogP contribution in [0.1, 0.15) is 24.5 Å². The van der Waals surface area contributed by atoms with Gasteiger partial charge in [-0.25, -0.2) is 17.9 Å². The van der Waals surface area contributed by atoms with Gasteiger partial charge in [0.15, 0.2) is 6.10 Å². The number of esters is 1. The molecule has 0 fully saturated rings. The van der Waals surface area contributed by atoms with Crippen molar-refractivity contribution in [2.24, 2.45) is 0 Å². The van der Waals surface area contributed by atoms with Gasteiger partial charge in [0.05, 0.1) is 18.4 Å². The van der Waals surface area contributed by atoms with E-state index in [9.17, 15) is 22.8 Å². The number of methoxy groups -OCH3 is 1. The lowest BCUT2D eigenvalue weighted by Gasteiger charge is -2.13. The highest BCUT2D eigenvalue weighted by molar-refractivity contribution is 7.89. The Morgan fingerprint density at radius 1 is 1.19 bits per heavy atom. The summed E-state index contributed by atoms with van der Waals surface area (Å²) in [5.74, 6) is -1.64. The molecule has 1 aromatic carbocycles. The summed E-state index contributed by atoms with van der Waals surface area (Å²) in [5.41, 5.74) is 1.37. The maximum atomic E-state index is 12.3. The zero-order valence-electron chi connectivity index (χ0n) is 15.0. The van der Waals surface area contributed by atoms with Crippen molar-refractivity contribution >= 4 is 28.0 Å². The minimum Gasteiger partial charge on any atom is -0.453 e. The minimum atomic E-state index is -3.77. The molecule has 144 valence electrons. The third kappa shape index (κ3) is 6.45. The van der Waals surface area contributed by atoms with Crippen molar-refractivity contribution in [3.63, 3.8) is 0 Å². The highest BCUT2D eigenvalue weighted by atomic mass is 32.2. The smallest absolute Gasteiger partial charge is 0.413 e. The van der Waals surface area contributed by atoms with E-state index < -0.39 is 34.1 Å². The number of amides is 2. The lowest BCUT2D eigenvalue weighted by atomic mass is 10.2. The van der Waals surface area contributed by atoms with Crippen LogP contribution >= 0.6 is 0 Å². The predicted molar refractivity (Wildman–Crippen MR) is 91.8 cm³/mol. The number of carbonyl (C=O) groups excluding carboxylic acids is 3. The monoisotopic (exact) mass is 386 g/mol. The van der Waals surface area contributed by atoms with Gasteiger partial charge >= 0.3 is 12.1 Å². The third-order valence-electron chi connectivity index (χ3n) is 3.34. The third-order valence-corrected chi connectivity index (χ3v) is 4.95. The molecule has 26 heavy (non-hydrogen) atoms. The van der Waals surface area contributed by atoms with Gasteiger partial charge < -0.3 is 9.47 Å².